The lowest BCUT2D eigenvalue weighted by Gasteiger charge is -2.54. The highest BCUT2D eigenvalue weighted by Gasteiger charge is 2.62. The van der Waals surface area contributed by atoms with Gasteiger partial charge in [0.15, 0.2) is 5.78 Å². The summed E-state index contributed by atoms with van der Waals surface area (Å²) in [6.07, 6.45) is 18.7. The van der Waals surface area contributed by atoms with Crippen molar-refractivity contribution in [1.82, 2.24) is 0 Å². The maximum atomic E-state index is 11.7. The van der Waals surface area contributed by atoms with Gasteiger partial charge < -0.3 is 5.11 Å². The van der Waals surface area contributed by atoms with Gasteiger partial charge in [-0.1, -0.05) is 25.0 Å². The standard InChI is InChI=1S/C21H26O2/c1-3-20-11-9-17-16-8-6-15(22)13-14(16)5-7-18(17)19(20)10-12-21(20,23)4-2/h2,5,7,13,16-19,23H,3,6,8-12H2,1H3/t16-,17+,18+,19-,20-,21-/m1/s1. The van der Waals surface area contributed by atoms with Crippen LogP contribution >= 0.6 is 0 Å². The Morgan fingerprint density at radius 2 is 2.17 bits per heavy atom. The Morgan fingerprint density at radius 3 is 2.91 bits per heavy atom. The van der Waals surface area contributed by atoms with Crippen LogP contribution in [0, 0.1) is 41.4 Å². The van der Waals surface area contributed by atoms with E-state index < -0.39 is 5.60 Å². The Labute approximate surface area is 139 Å². The van der Waals surface area contributed by atoms with Gasteiger partial charge in [0.05, 0.1) is 0 Å². The fourth-order valence-electron chi connectivity index (χ4n) is 6.44. The van der Waals surface area contributed by atoms with Gasteiger partial charge in [0.25, 0.3) is 0 Å². The highest BCUT2D eigenvalue weighted by molar-refractivity contribution is 5.91. The molecule has 0 aromatic heterocycles. The van der Waals surface area contributed by atoms with Gasteiger partial charge in [-0.3, -0.25) is 4.79 Å². The number of aliphatic hydroxyl groups is 1. The third-order valence-corrected chi connectivity index (χ3v) is 7.59. The van der Waals surface area contributed by atoms with E-state index in [9.17, 15) is 9.90 Å². The summed E-state index contributed by atoms with van der Waals surface area (Å²) in [6.45, 7) is 2.19. The van der Waals surface area contributed by atoms with E-state index in [1.54, 1.807) is 0 Å². The van der Waals surface area contributed by atoms with E-state index in [0.29, 0.717) is 30.1 Å². The highest BCUT2D eigenvalue weighted by Crippen LogP contribution is 2.64. The number of ketones is 1. The Kier molecular flexibility index (Phi) is 3.36. The summed E-state index contributed by atoms with van der Waals surface area (Å²) >= 11 is 0. The van der Waals surface area contributed by atoms with Crippen LogP contribution in [0.3, 0.4) is 0 Å². The van der Waals surface area contributed by atoms with Crippen LogP contribution in [0.1, 0.15) is 51.9 Å². The molecular weight excluding hydrogens is 284 g/mol. The second-order valence-corrected chi connectivity index (χ2v) is 8.05. The van der Waals surface area contributed by atoms with E-state index in [4.69, 9.17) is 6.42 Å². The molecule has 2 nitrogen and oxygen atoms in total. The molecule has 23 heavy (non-hydrogen) atoms. The van der Waals surface area contributed by atoms with E-state index in [1.165, 1.54) is 5.57 Å². The van der Waals surface area contributed by atoms with E-state index in [1.807, 2.05) is 6.08 Å². The Balaban J connectivity index is 1.73. The van der Waals surface area contributed by atoms with Crippen molar-refractivity contribution in [1.29, 1.82) is 0 Å². The van der Waals surface area contributed by atoms with Crippen molar-refractivity contribution in [3.05, 3.63) is 23.8 Å². The minimum absolute atomic E-state index is 0.112. The van der Waals surface area contributed by atoms with E-state index in [0.717, 1.165) is 38.5 Å². The second-order valence-electron chi connectivity index (χ2n) is 8.05. The minimum atomic E-state index is -0.927. The van der Waals surface area contributed by atoms with Crippen molar-refractivity contribution in [2.75, 3.05) is 0 Å². The maximum absolute atomic E-state index is 11.7. The number of fused-ring (bicyclic) bond motifs is 5. The Morgan fingerprint density at radius 1 is 1.35 bits per heavy atom. The molecule has 4 aliphatic rings. The zero-order valence-corrected chi connectivity index (χ0v) is 13.9. The van der Waals surface area contributed by atoms with Crippen molar-refractivity contribution in [3.63, 3.8) is 0 Å². The summed E-state index contributed by atoms with van der Waals surface area (Å²) in [5.74, 6) is 5.21. The number of hydrogen-bond acceptors (Lipinski definition) is 2. The molecule has 6 atom stereocenters. The molecular formula is C21H26O2. The molecule has 0 aromatic carbocycles. The monoisotopic (exact) mass is 310 g/mol. The van der Waals surface area contributed by atoms with Crippen LogP contribution in [0.2, 0.25) is 0 Å². The van der Waals surface area contributed by atoms with Crippen LogP contribution in [0.4, 0.5) is 0 Å². The first-order valence-electron chi connectivity index (χ1n) is 9.17. The molecule has 1 N–H and O–H groups in total. The average Bonchev–Trinajstić information content (AvgIpc) is 2.88. The predicted molar refractivity (Wildman–Crippen MR) is 90.4 cm³/mol. The molecule has 0 unspecified atom stereocenters. The van der Waals surface area contributed by atoms with Crippen molar-refractivity contribution in [3.8, 4) is 12.3 Å². The zero-order chi connectivity index (χ0) is 16.2. The zero-order valence-electron chi connectivity index (χ0n) is 13.9. The van der Waals surface area contributed by atoms with Crippen molar-refractivity contribution in [2.45, 2.75) is 57.5 Å². The highest BCUT2D eigenvalue weighted by atomic mass is 16.3. The first kappa shape index (κ1) is 15.2. The van der Waals surface area contributed by atoms with Gasteiger partial charge in [0, 0.05) is 11.8 Å². The molecule has 0 radical (unpaired) electrons. The van der Waals surface area contributed by atoms with Gasteiger partial charge in [-0.2, -0.15) is 0 Å². The largest absolute Gasteiger partial charge is 0.377 e. The molecule has 0 aromatic rings. The lowest BCUT2D eigenvalue weighted by molar-refractivity contribution is -0.116. The van der Waals surface area contributed by atoms with Crippen molar-refractivity contribution < 1.29 is 9.90 Å². The normalized spacial score (nSPS) is 48.0. The maximum Gasteiger partial charge on any atom is 0.155 e. The van der Waals surface area contributed by atoms with Crippen LogP contribution < -0.4 is 0 Å². The lowest BCUT2D eigenvalue weighted by Crippen LogP contribution is -2.52. The molecule has 0 aliphatic heterocycles. The number of terminal acetylenes is 1. The fraction of sp³-hybridized carbons (Fsp3) is 0.667. The van der Waals surface area contributed by atoms with Gasteiger partial charge in [-0.15, -0.1) is 6.42 Å². The summed E-state index contributed by atoms with van der Waals surface area (Å²) in [4.78, 5) is 11.7. The molecule has 0 bridgehead atoms. The summed E-state index contributed by atoms with van der Waals surface area (Å²) in [5.41, 5.74) is 0.208. The second kappa shape index (κ2) is 5.08. The van der Waals surface area contributed by atoms with Crippen LogP contribution in [0.25, 0.3) is 0 Å². The summed E-state index contributed by atoms with van der Waals surface area (Å²) in [7, 11) is 0. The third-order valence-electron chi connectivity index (χ3n) is 7.59. The Hall–Kier alpha value is -1.33. The van der Waals surface area contributed by atoms with Crippen LogP contribution in [0.5, 0.6) is 0 Å². The first-order valence-corrected chi connectivity index (χ1v) is 9.17. The predicted octanol–water partition coefficient (Wildman–Crippen LogP) is 3.66. The number of carbonyl (C=O) groups is 1. The molecule has 0 saturated heterocycles. The summed E-state index contributed by atoms with van der Waals surface area (Å²) < 4.78 is 0. The first-order chi connectivity index (χ1) is 11.0. The molecule has 2 saturated carbocycles. The molecule has 0 amide bonds. The van der Waals surface area contributed by atoms with Gasteiger partial charge >= 0.3 is 0 Å². The summed E-state index contributed by atoms with van der Waals surface area (Å²) in [5, 5.41) is 11.1. The number of carbonyl (C=O) groups excluding carboxylic acids is 1. The van der Waals surface area contributed by atoms with Crippen LogP contribution in [-0.4, -0.2) is 16.5 Å². The van der Waals surface area contributed by atoms with E-state index >= 15 is 0 Å². The summed E-state index contributed by atoms with van der Waals surface area (Å²) in [6, 6.07) is 0. The smallest absolute Gasteiger partial charge is 0.155 e. The average molecular weight is 310 g/mol. The molecule has 2 fully saturated rings. The van der Waals surface area contributed by atoms with Gasteiger partial charge in [-0.05, 0) is 73.8 Å². The number of allylic oxidation sites excluding steroid dienone is 4. The van der Waals surface area contributed by atoms with Gasteiger partial charge in [0.1, 0.15) is 5.60 Å². The molecule has 0 heterocycles. The van der Waals surface area contributed by atoms with Crippen molar-refractivity contribution in [2.24, 2.45) is 29.1 Å². The molecule has 0 spiro atoms. The lowest BCUT2D eigenvalue weighted by atomic mass is 9.51. The quantitative estimate of drug-likeness (QED) is 0.751. The number of hydrogen-bond donors (Lipinski definition) is 1. The van der Waals surface area contributed by atoms with Crippen LogP contribution in [-0.2, 0) is 4.79 Å². The molecule has 4 aliphatic carbocycles. The van der Waals surface area contributed by atoms with E-state index in [-0.39, 0.29) is 11.2 Å². The van der Waals surface area contributed by atoms with Crippen LogP contribution in [0.15, 0.2) is 23.8 Å². The number of rotatable bonds is 1. The fourth-order valence-corrected chi connectivity index (χ4v) is 6.44. The third kappa shape index (κ3) is 1.89. The molecule has 122 valence electrons. The molecule has 2 heteroatoms. The van der Waals surface area contributed by atoms with Crippen molar-refractivity contribution >= 4 is 5.78 Å². The SMILES string of the molecule is C#C[C@@]1(O)CC[C@@H]2[C@H]3C=CC4=CC(=O)CC[C@H]4[C@@H]3CC[C@]21CC. The molecule has 4 rings (SSSR count). The Bertz CT molecular complexity index is 637. The topological polar surface area (TPSA) is 37.3 Å². The van der Waals surface area contributed by atoms with Gasteiger partial charge in [0.2, 0.25) is 0 Å². The minimum Gasteiger partial charge on any atom is -0.377 e. The van der Waals surface area contributed by atoms with Gasteiger partial charge in [-0.25, -0.2) is 0 Å². The van der Waals surface area contributed by atoms with E-state index in [2.05, 4.69) is 25.0 Å².